The summed E-state index contributed by atoms with van der Waals surface area (Å²) in [6.45, 7) is 6.62. The van der Waals surface area contributed by atoms with E-state index in [1.807, 2.05) is 6.92 Å². The van der Waals surface area contributed by atoms with Gasteiger partial charge in [-0.1, -0.05) is 31.5 Å². The lowest BCUT2D eigenvalue weighted by molar-refractivity contribution is -0.142. The van der Waals surface area contributed by atoms with Crippen LogP contribution in [0.25, 0.3) is 0 Å². The zero-order valence-corrected chi connectivity index (χ0v) is 20.4. The predicted octanol–water partition coefficient (Wildman–Crippen LogP) is 5.20. The summed E-state index contributed by atoms with van der Waals surface area (Å²) in [5.41, 5.74) is 1.41. The van der Waals surface area contributed by atoms with Crippen LogP contribution in [0.5, 0.6) is 0 Å². The maximum absolute atomic E-state index is 12.4. The normalized spacial score (nSPS) is 41.0. The van der Waals surface area contributed by atoms with Crippen molar-refractivity contribution in [2.24, 2.45) is 34.5 Å². The molecule has 5 rings (SSSR count). The van der Waals surface area contributed by atoms with Gasteiger partial charge < -0.3 is 5.11 Å². The molecule has 0 unspecified atom stereocenters. The molecule has 5 nitrogen and oxygen atoms in total. The van der Waals surface area contributed by atoms with Crippen molar-refractivity contribution in [1.29, 1.82) is 0 Å². The Kier molecular flexibility index (Phi) is 6.36. The van der Waals surface area contributed by atoms with Crippen LogP contribution in [-0.2, 0) is 14.9 Å². The molecule has 7 atom stereocenters. The highest BCUT2D eigenvalue weighted by molar-refractivity contribution is 7.85. The standard InChI is InChI=1S/C19H30O2.C7H8O3S/c1-18-9-7-13(20)11-12(18)3-4-14-15-5-6-17(21)19(15,2)10-8-16(14)18;1-6-2-4-7(5-3-6)11(8,9)10/h12-16,20H,3-11H2,1-2H3;2-5H,1H3,(H,8,9,10)/t12-,13+,14-,15-,16-,18-,19-;/m0./s1. The fourth-order valence-electron chi connectivity index (χ4n) is 7.72. The van der Waals surface area contributed by atoms with E-state index >= 15 is 0 Å². The van der Waals surface area contributed by atoms with Crippen LogP contribution in [0.15, 0.2) is 29.2 Å². The summed E-state index contributed by atoms with van der Waals surface area (Å²) in [6, 6.07) is 5.99. The molecule has 0 radical (unpaired) electrons. The van der Waals surface area contributed by atoms with Crippen molar-refractivity contribution in [3.8, 4) is 0 Å². The molecule has 178 valence electrons. The summed E-state index contributed by atoms with van der Waals surface area (Å²) in [5.74, 6) is 3.54. The SMILES string of the molecule is C[C@]12CC[C@@H](O)C[C@@H]1CC[C@@H]1[C@@H]2CC[C@]2(C)C(=O)CC[C@@H]12.Cc1ccc(S(=O)(=O)O)cc1. The molecule has 2 N–H and O–H groups in total. The molecule has 6 heteroatoms. The topological polar surface area (TPSA) is 91.7 Å². The van der Waals surface area contributed by atoms with Crippen molar-refractivity contribution in [1.82, 2.24) is 0 Å². The van der Waals surface area contributed by atoms with Gasteiger partial charge in [0.1, 0.15) is 5.78 Å². The second-order valence-corrected chi connectivity index (χ2v) is 12.7. The highest BCUT2D eigenvalue weighted by Gasteiger charge is 2.60. The number of hydrogen-bond acceptors (Lipinski definition) is 4. The Morgan fingerprint density at radius 3 is 2.28 bits per heavy atom. The summed E-state index contributed by atoms with van der Waals surface area (Å²) >= 11 is 0. The van der Waals surface area contributed by atoms with Crippen LogP contribution in [-0.4, -0.2) is 30.0 Å². The molecule has 0 aliphatic heterocycles. The molecule has 4 saturated carbocycles. The van der Waals surface area contributed by atoms with Gasteiger partial charge in [0.05, 0.1) is 11.0 Å². The van der Waals surface area contributed by atoms with Crippen molar-refractivity contribution in [2.75, 3.05) is 0 Å². The Labute approximate surface area is 192 Å². The summed E-state index contributed by atoms with van der Waals surface area (Å²) in [5, 5.41) is 10.0. The summed E-state index contributed by atoms with van der Waals surface area (Å²) in [4.78, 5) is 12.3. The van der Waals surface area contributed by atoms with Gasteiger partial charge in [-0.15, -0.1) is 0 Å². The Hall–Kier alpha value is -1.24. The lowest BCUT2D eigenvalue weighted by Crippen LogP contribution is -2.54. The minimum absolute atomic E-state index is 0.0124. The van der Waals surface area contributed by atoms with Gasteiger partial charge in [-0.05, 0) is 99.5 Å². The second kappa shape index (κ2) is 8.52. The fourth-order valence-corrected chi connectivity index (χ4v) is 8.20. The van der Waals surface area contributed by atoms with Gasteiger partial charge in [0.2, 0.25) is 0 Å². The molecule has 0 heterocycles. The van der Waals surface area contributed by atoms with Gasteiger partial charge in [-0.25, -0.2) is 0 Å². The quantitative estimate of drug-likeness (QED) is 0.560. The summed E-state index contributed by atoms with van der Waals surface area (Å²) < 4.78 is 29.6. The number of ketones is 1. The molecule has 4 aliphatic carbocycles. The summed E-state index contributed by atoms with van der Waals surface area (Å²) in [7, 11) is -4.02. The van der Waals surface area contributed by atoms with Gasteiger partial charge >= 0.3 is 0 Å². The number of carbonyl (C=O) groups excluding carboxylic acids is 1. The first-order valence-electron chi connectivity index (χ1n) is 12.2. The van der Waals surface area contributed by atoms with Gasteiger partial charge in [-0.3, -0.25) is 9.35 Å². The number of fused-ring (bicyclic) bond motifs is 5. The molecule has 0 aromatic heterocycles. The number of rotatable bonds is 1. The molecule has 1 aromatic rings. The molecule has 0 spiro atoms. The number of aliphatic hydroxyl groups excluding tert-OH is 1. The molecular weight excluding hydrogens is 424 g/mol. The Morgan fingerprint density at radius 1 is 0.938 bits per heavy atom. The van der Waals surface area contributed by atoms with E-state index in [0.717, 1.165) is 55.4 Å². The van der Waals surface area contributed by atoms with Crippen molar-refractivity contribution >= 4 is 15.9 Å². The lowest BCUT2D eigenvalue weighted by Gasteiger charge is -2.60. The Balaban J connectivity index is 0.000000189. The number of benzene rings is 1. The molecule has 32 heavy (non-hydrogen) atoms. The summed E-state index contributed by atoms with van der Waals surface area (Å²) in [6.07, 6.45) is 10.1. The van der Waals surface area contributed by atoms with Crippen LogP contribution in [0.3, 0.4) is 0 Å². The number of carbonyl (C=O) groups is 1. The third-order valence-corrected chi connectivity index (χ3v) is 10.5. The Bertz CT molecular complexity index is 955. The van der Waals surface area contributed by atoms with Crippen molar-refractivity contribution in [2.45, 2.75) is 89.6 Å². The van der Waals surface area contributed by atoms with E-state index in [1.165, 1.54) is 37.8 Å². The first-order chi connectivity index (χ1) is 14.9. The number of Topliss-reactive ketones (excluding diaryl/α,β-unsaturated/α-hetero) is 1. The number of hydrogen-bond donors (Lipinski definition) is 2. The van der Waals surface area contributed by atoms with Gasteiger partial charge in [0.25, 0.3) is 10.1 Å². The van der Waals surface area contributed by atoms with Crippen molar-refractivity contribution < 1.29 is 22.9 Å². The fraction of sp³-hybridized carbons (Fsp3) is 0.731. The van der Waals surface area contributed by atoms with Crippen molar-refractivity contribution in [3.05, 3.63) is 29.8 Å². The molecule has 4 fully saturated rings. The minimum Gasteiger partial charge on any atom is -0.393 e. The van der Waals surface area contributed by atoms with Crippen LogP contribution in [0.2, 0.25) is 0 Å². The van der Waals surface area contributed by atoms with Crippen LogP contribution < -0.4 is 0 Å². The first kappa shape index (κ1) is 23.9. The van der Waals surface area contributed by atoms with E-state index in [0.29, 0.717) is 17.1 Å². The smallest absolute Gasteiger partial charge is 0.294 e. The van der Waals surface area contributed by atoms with E-state index in [1.54, 1.807) is 12.1 Å². The van der Waals surface area contributed by atoms with Gasteiger partial charge in [0.15, 0.2) is 0 Å². The lowest BCUT2D eigenvalue weighted by atomic mass is 9.45. The van der Waals surface area contributed by atoms with Gasteiger partial charge in [0, 0.05) is 11.8 Å². The number of aliphatic hydroxyl groups is 1. The van der Waals surface area contributed by atoms with E-state index in [4.69, 9.17) is 4.55 Å². The third-order valence-electron chi connectivity index (χ3n) is 9.67. The average molecular weight is 463 g/mol. The maximum Gasteiger partial charge on any atom is 0.294 e. The molecule has 1 aromatic carbocycles. The highest BCUT2D eigenvalue weighted by atomic mass is 32.2. The van der Waals surface area contributed by atoms with E-state index in [-0.39, 0.29) is 16.4 Å². The van der Waals surface area contributed by atoms with E-state index < -0.39 is 10.1 Å². The highest BCUT2D eigenvalue weighted by Crippen LogP contribution is 2.65. The largest absolute Gasteiger partial charge is 0.393 e. The van der Waals surface area contributed by atoms with E-state index in [9.17, 15) is 18.3 Å². The first-order valence-corrected chi connectivity index (χ1v) is 13.6. The van der Waals surface area contributed by atoms with E-state index in [2.05, 4.69) is 13.8 Å². The molecule has 0 saturated heterocycles. The maximum atomic E-state index is 12.4. The third kappa shape index (κ3) is 4.19. The second-order valence-electron chi connectivity index (χ2n) is 11.3. The molecular formula is C26H38O5S. The minimum atomic E-state index is -4.02. The zero-order valence-electron chi connectivity index (χ0n) is 19.6. The number of aryl methyl sites for hydroxylation is 1. The van der Waals surface area contributed by atoms with Crippen LogP contribution in [0.1, 0.15) is 77.2 Å². The average Bonchev–Trinajstić information content (AvgIpc) is 3.03. The van der Waals surface area contributed by atoms with Crippen LogP contribution in [0, 0.1) is 41.4 Å². The zero-order chi connectivity index (χ0) is 23.3. The molecule has 4 aliphatic rings. The van der Waals surface area contributed by atoms with Gasteiger partial charge in [-0.2, -0.15) is 8.42 Å². The monoisotopic (exact) mass is 462 g/mol. The van der Waals surface area contributed by atoms with Crippen LogP contribution >= 0.6 is 0 Å². The molecule has 0 amide bonds. The van der Waals surface area contributed by atoms with Crippen molar-refractivity contribution in [3.63, 3.8) is 0 Å². The predicted molar refractivity (Wildman–Crippen MR) is 124 cm³/mol. The Morgan fingerprint density at radius 2 is 1.62 bits per heavy atom. The molecule has 0 bridgehead atoms. The van der Waals surface area contributed by atoms with Crippen LogP contribution in [0.4, 0.5) is 0 Å².